The molecule has 0 saturated carbocycles. The summed E-state index contributed by atoms with van der Waals surface area (Å²) in [6, 6.07) is 6.26. The summed E-state index contributed by atoms with van der Waals surface area (Å²) in [4.78, 5) is 10.8. The molecule has 1 aromatic rings. The van der Waals surface area contributed by atoms with Crippen LogP contribution in [0.1, 0.15) is 12.0 Å². The fraction of sp³-hybridized carbons (Fsp3) is 0.364. The Labute approximate surface area is 106 Å². The van der Waals surface area contributed by atoms with E-state index in [1.807, 2.05) is 0 Å². The number of rotatable bonds is 6. The molecule has 6 nitrogen and oxygen atoms in total. The molecule has 0 aliphatic heterocycles. The number of sulfonamides is 1. The van der Waals surface area contributed by atoms with Gasteiger partial charge in [-0.1, -0.05) is 12.1 Å². The van der Waals surface area contributed by atoms with E-state index < -0.39 is 16.0 Å². The largest absolute Gasteiger partial charge is 0.508 e. The fourth-order valence-corrected chi connectivity index (χ4v) is 2.22. The first-order valence-corrected chi connectivity index (χ1v) is 6.90. The first-order chi connectivity index (χ1) is 8.43. The van der Waals surface area contributed by atoms with Crippen molar-refractivity contribution in [2.75, 3.05) is 12.9 Å². The van der Waals surface area contributed by atoms with E-state index >= 15 is 0 Å². The normalized spacial score (nSPS) is 11.2. The highest BCUT2D eigenvalue weighted by atomic mass is 32.2. The number of phenolic OH excluding ortho intramolecular Hbond substituents is 1. The third-order valence-electron chi connectivity index (χ3n) is 2.21. The van der Waals surface area contributed by atoms with E-state index in [1.54, 1.807) is 12.1 Å². The molecule has 100 valence electrons. The van der Waals surface area contributed by atoms with Crippen molar-refractivity contribution in [3.8, 4) is 5.75 Å². The summed E-state index contributed by atoms with van der Waals surface area (Å²) < 4.78 is 29.8. The SMILES string of the molecule is COC(=O)CCS(=O)(=O)NCc1cccc(O)c1. The first-order valence-electron chi connectivity index (χ1n) is 5.25. The molecule has 0 spiro atoms. The number of phenols is 1. The summed E-state index contributed by atoms with van der Waals surface area (Å²) in [5.41, 5.74) is 0.636. The van der Waals surface area contributed by atoms with E-state index in [0.29, 0.717) is 5.56 Å². The molecule has 0 aliphatic carbocycles. The Bertz CT molecular complexity index is 512. The Morgan fingerprint density at radius 2 is 2.17 bits per heavy atom. The van der Waals surface area contributed by atoms with E-state index in [4.69, 9.17) is 0 Å². The van der Waals surface area contributed by atoms with Crippen LogP contribution in [0.25, 0.3) is 0 Å². The molecule has 0 saturated heterocycles. The van der Waals surface area contributed by atoms with Gasteiger partial charge in [0.25, 0.3) is 0 Å². The summed E-state index contributed by atoms with van der Waals surface area (Å²) in [7, 11) is -2.33. The monoisotopic (exact) mass is 273 g/mol. The molecule has 0 bridgehead atoms. The van der Waals surface area contributed by atoms with Crippen molar-refractivity contribution in [2.24, 2.45) is 0 Å². The summed E-state index contributed by atoms with van der Waals surface area (Å²) >= 11 is 0. The molecular formula is C11H15NO5S. The van der Waals surface area contributed by atoms with Gasteiger partial charge in [0.1, 0.15) is 5.75 Å². The van der Waals surface area contributed by atoms with Crippen LogP contribution in [0, 0.1) is 0 Å². The van der Waals surface area contributed by atoms with Gasteiger partial charge in [0.2, 0.25) is 10.0 Å². The molecule has 18 heavy (non-hydrogen) atoms. The van der Waals surface area contributed by atoms with Crippen LogP contribution in [-0.4, -0.2) is 32.4 Å². The summed E-state index contributed by atoms with van der Waals surface area (Å²) in [5, 5.41) is 9.21. The first kappa shape index (κ1) is 14.5. The highest BCUT2D eigenvalue weighted by Gasteiger charge is 2.13. The topological polar surface area (TPSA) is 92.7 Å². The van der Waals surface area contributed by atoms with Crippen molar-refractivity contribution in [3.63, 3.8) is 0 Å². The lowest BCUT2D eigenvalue weighted by Crippen LogP contribution is -2.27. The predicted molar refractivity (Wildman–Crippen MR) is 65.4 cm³/mol. The zero-order chi connectivity index (χ0) is 13.6. The molecule has 7 heteroatoms. The predicted octanol–water partition coefficient (Wildman–Crippen LogP) is 0.375. The minimum Gasteiger partial charge on any atom is -0.508 e. The van der Waals surface area contributed by atoms with Gasteiger partial charge < -0.3 is 9.84 Å². The molecule has 0 amide bonds. The number of carbonyl (C=O) groups is 1. The smallest absolute Gasteiger partial charge is 0.306 e. The Morgan fingerprint density at radius 3 is 2.78 bits per heavy atom. The van der Waals surface area contributed by atoms with E-state index in [-0.39, 0.29) is 24.5 Å². The van der Waals surface area contributed by atoms with Crippen molar-refractivity contribution in [1.29, 1.82) is 0 Å². The van der Waals surface area contributed by atoms with Crippen LogP contribution in [0.5, 0.6) is 5.75 Å². The molecule has 0 atom stereocenters. The van der Waals surface area contributed by atoms with Gasteiger partial charge in [0.15, 0.2) is 0 Å². The molecule has 0 aromatic heterocycles. The van der Waals surface area contributed by atoms with Gasteiger partial charge in [-0.15, -0.1) is 0 Å². The number of aromatic hydroxyl groups is 1. The lowest BCUT2D eigenvalue weighted by molar-refractivity contribution is -0.140. The van der Waals surface area contributed by atoms with Crippen molar-refractivity contribution in [1.82, 2.24) is 4.72 Å². The number of methoxy groups -OCH3 is 1. The second-order valence-corrected chi connectivity index (χ2v) is 5.56. The maximum absolute atomic E-state index is 11.5. The average Bonchev–Trinajstić information content (AvgIpc) is 2.34. The van der Waals surface area contributed by atoms with Gasteiger partial charge in [0.05, 0.1) is 19.3 Å². The van der Waals surface area contributed by atoms with E-state index in [1.165, 1.54) is 19.2 Å². The lowest BCUT2D eigenvalue weighted by Gasteiger charge is -2.06. The maximum atomic E-state index is 11.5. The molecular weight excluding hydrogens is 258 g/mol. The van der Waals surface area contributed by atoms with Gasteiger partial charge in [0, 0.05) is 6.54 Å². The van der Waals surface area contributed by atoms with E-state index in [0.717, 1.165) is 0 Å². The van der Waals surface area contributed by atoms with Gasteiger partial charge in [-0.05, 0) is 17.7 Å². The van der Waals surface area contributed by atoms with Crippen molar-refractivity contribution in [3.05, 3.63) is 29.8 Å². The molecule has 0 unspecified atom stereocenters. The quantitative estimate of drug-likeness (QED) is 0.731. The standard InChI is InChI=1S/C11H15NO5S/c1-17-11(14)5-6-18(15,16)12-8-9-3-2-4-10(13)7-9/h2-4,7,12-13H,5-6,8H2,1H3. The van der Waals surface area contributed by atoms with Crippen molar-refractivity contribution in [2.45, 2.75) is 13.0 Å². The van der Waals surface area contributed by atoms with E-state index in [9.17, 15) is 18.3 Å². The average molecular weight is 273 g/mol. The number of hydrogen-bond acceptors (Lipinski definition) is 5. The molecule has 0 aliphatic rings. The van der Waals surface area contributed by atoms with Gasteiger partial charge in [-0.3, -0.25) is 4.79 Å². The van der Waals surface area contributed by atoms with E-state index in [2.05, 4.69) is 9.46 Å². The number of benzene rings is 1. The molecule has 0 fully saturated rings. The van der Waals surface area contributed by atoms with Crippen LogP contribution in [0.3, 0.4) is 0 Å². The van der Waals surface area contributed by atoms with Crippen LogP contribution in [0.4, 0.5) is 0 Å². The zero-order valence-corrected chi connectivity index (χ0v) is 10.7. The number of carbonyl (C=O) groups excluding carboxylic acids is 1. The Kier molecular flexibility index (Phi) is 5.11. The fourth-order valence-electron chi connectivity index (χ4n) is 1.25. The Balaban J connectivity index is 2.49. The van der Waals surface area contributed by atoms with Gasteiger partial charge in [-0.25, -0.2) is 13.1 Å². The second-order valence-electron chi connectivity index (χ2n) is 3.64. The second kappa shape index (κ2) is 6.36. The molecule has 0 heterocycles. The van der Waals surface area contributed by atoms with Crippen LogP contribution in [0.2, 0.25) is 0 Å². The zero-order valence-electron chi connectivity index (χ0n) is 9.92. The Morgan fingerprint density at radius 1 is 1.44 bits per heavy atom. The number of nitrogens with one attached hydrogen (secondary N) is 1. The number of hydrogen-bond donors (Lipinski definition) is 2. The summed E-state index contributed by atoms with van der Waals surface area (Å²) in [6.45, 7) is 0.0674. The number of esters is 1. The van der Waals surface area contributed by atoms with Crippen molar-refractivity contribution < 1.29 is 23.1 Å². The summed E-state index contributed by atoms with van der Waals surface area (Å²) in [5.74, 6) is -0.822. The molecule has 2 N–H and O–H groups in total. The molecule has 1 aromatic carbocycles. The lowest BCUT2D eigenvalue weighted by atomic mass is 10.2. The van der Waals surface area contributed by atoms with Gasteiger partial charge in [-0.2, -0.15) is 0 Å². The van der Waals surface area contributed by atoms with Crippen LogP contribution < -0.4 is 4.72 Å². The Hall–Kier alpha value is -1.60. The highest BCUT2D eigenvalue weighted by molar-refractivity contribution is 7.89. The van der Waals surface area contributed by atoms with Crippen molar-refractivity contribution >= 4 is 16.0 Å². The molecule has 1 rings (SSSR count). The third kappa shape index (κ3) is 5.15. The van der Waals surface area contributed by atoms with Crippen LogP contribution >= 0.6 is 0 Å². The minimum atomic E-state index is -3.53. The number of ether oxygens (including phenoxy) is 1. The third-order valence-corrected chi connectivity index (χ3v) is 3.54. The van der Waals surface area contributed by atoms with Gasteiger partial charge >= 0.3 is 5.97 Å². The minimum absolute atomic E-state index is 0.0674. The van der Waals surface area contributed by atoms with Crippen LogP contribution in [0.15, 0.2) is 24.3 Å². The highest BCUT2D eigenvalue weighted by Crippen LogP contribution is 2.10. The maximum Gasteiger partial charge on any atom is 0.306 e. The summed E-state index contributed by atoms with van der Waals surface area (Å²) in [6.07, 6.45) is -0.189. The molecule has 0 radical (unpaired) electrons. The van der Waals surface area contributed by atoms with Crippen LogP contribution in [-0.2, 0) is 26.1 Å².